The molecule has 0 bridgehead atoms. The summed E-state index contributed by atoms with van der Waals surface area (Å²) in [5, 5.41) is 2.59. The molecule has 2 aromatic heterocycles. The minimum atomic E-state index is -0.422. The Kier molecular flexibility index (Phi) is 3.28. The molecule has 0 unspecified atom stereocenters. The summed E-state index contributed by atoms with van der Waals surface area (Å²) in [5.41, 5.74) is 0.667. The van der Waals surface area contributed by atoms with Crippen molar-refractivity contribution < 1.29 is 9.13 Å². The van der Waals surface area contributed by atoms with Gasteiger partial charge >= 0.3 is 0 Å². The van der Waals surface area contributed by atoms with Crippen LogP contribution in [0.1, 0.15) is 5.56 Å². The summed E-state index contributed by atoms with van der Waals surface area (Å²) in [6.45, 7) is 0.339. The molecule has 0 N–H and O–H groups in total. The number of hydrogen-bond acceptors (Lipinski definition) is 3. The molecular weight excluding hydrogens is 277 g/mol. The number of aromatic nitrogens is 1. The average molecular weight is 289 g/mol. The van der Waals surface area contributed by atoms with Crippen molar-refractivity contribution in [3.05, 3.63) is 63.6 Å². The van der Waals surface area contributed by atoms with Crippen LogP contribution >= 0.6 is 11.3 Å². The van der Waals surface area contributed by atoms with Crippen LogP contribution in [0.25, 0.3) is 10.1 Å². The van der Waals surface area contributed by atoms with E-state index in [1.807, 2.05) is 17.5 Å². The van der Waals surface area contributed by atoms with Crippen molar-refractivity contribution in [2.45, 2.75) is 6.54 Å². The predicted molar refractivity (Wildman–Crippen MR) is 78.1 cm³/mol. The predicted octanol–water partition coefficient (Wildman–Crippen LogP) is 3.26. The molecule has 1 aromatic carbocycles. The second-order valence-corrected chi connectivity index (χ2v) is 5.36. The summed E-state index contributed by atoms with van der Waals surface area (Å²) in [6, 6.07) is 8.43. The zero-order valence-corrected chi connectivity index (χ0v) is 11.6. The van der Waals surface area contributed by atoms with Crippen molar-refractivity contribution >= 4 is 21.4 Å². The van der Waals surface area contributed by atoms with E-state index in [4.69, 9.17) is 4.74 Å². The summed E-state index contributed by atoms with van der Waals surface area (Å²) < 4.78 is 21.1. The molecule has 0 aliphatic rings. The van der Waals surface area contributed by atoms with Crippen LogP contribution in [0.3, 0.4) is 0 Å². The highest BCUT2D eigenvalue weighted by Crippen LogP contribution is 2.19. The van der Waals surface area contributed by atoms with E-state index in [-0.39, 0.29) is 11.3 Å². The van der Waals surface area contributed by atoms with Crippen molar-refractivity contribution in [3.63, 3.8) is 0 Å². The third-order valence-corrected chi connectivity index (χ3v) is 4.04. The van der Waals surface area contributed by atoms with Crippen LogP contribution in [0.2, 0.25) is 0 Å². The molecule has 0 saturated carbocycles. The molecule has 2 heterocycles. The van der Waals surface area contributed by atoms with Gasteiger partial charge in [0.1, 0.15) is 0 Å². The first-order valence-electron chi connectivity index (χ1n) is 6.08. The van der Waals surface area contributed by atoms with E-state index in [0.29, 0.717) is 11.9 Å². The van der Waals surface area contributed by atoms with Gasteiger partial charge in [0.25, 0.3) is 5.56 Å². The molecule has 0 aliphatic heterocycles. The molecule has 0 aliphatic carbocycles. The number of ether oxygens (including phenoxy) is 1. The number of hydrogen-bond donors (Lipinski definition) is 0. The monoisotopic (exact) mass is 289 g/mol. The van der Waals surface area contributed by atoms with E-state index in [1.54, 1.807) is 22.9 Å². The van der Waals surface area contributed by atoms with Crippen molar-refractivity contribution in [1.82, 2.24) is 4.57 Å². The number of pyridine rings is 1. The zero-order chi connectivity index (χ0) is 14.1. The zero-order valence-electron chi connectivity index (χ0n) is 10.8. The molecule has 3 rings (SSSR count). The van der Waals surface area contributed by atoms with Gasteiger partial charge in [-0.1, -0.05) is 6.07 Å². The molecule has 3 nitrogen and oxygen atoms in total. The fourth-order valence-corrected chi connectivity index (χ4v) is 2.91. The van der Waals surface area contributed by atoms with Crippen LogP contribution in [-0.2, 0) is 6.54 Å². The second-order valence-electron chi connectivity index (χ2n) is 4.42. The molecule has 0 amide bonds. The van der Waals surface area contributed by atoms with Gasteiger partial charge in [0.15, 0.2) is 11.6 Å². The van der Waals surface area contributed by atoms with Gasteiger partial charge in [0, 0.05) is 10.9 Å². The highest BCUT2D eigenvalue weighted by atomic mass is 32.1. The molecular formula is C15H12FNO2S. The Balaban J connectivity index is 1.98. The molecule has 5 heteroatoms. The first-order valence-corrected chi connectivity index (χ1v) is 6.96. The number of methoxy groups -OCH3 is 1. The van der Waals surface area contributed by atoms with Gasteiger partial charge < -0.3 is 9.30 Å². The standard InChI is InChI=1S/C15H12FNO2S/c1-19-13-3-2-10(8-12(13)16)9-17-6-4-14-11(15(17)18)5-7-20-14/h2-8H,9H2,1H3. The number of thiophene rings is 1. The van der Waals surface area contributed by atoms with Gasteiger partial charge in [0.2, 0.25) is 0 Å². The van der Waals surface area contributed by atoms with Crippen molar-refractivity contribution in [2.24, 2.45) is 0 Å². The normalized spacial score (nSPS) is 10.9. The third kappa shape index (κ3) is 2.20. The van der Waals surface area contributed by atoms with Gasteiger partial charge in [-0.2, -0.15) is 0 Å². The minimum absolute atomic E-state index is 0.0556. The van der Waals surface area contributed by atoms with E-state index >= 15 is 0 Å². The molecule has 3 aromatic rings. The lowest BCUT2D eigenvalue weighted by atomic mass is 10.2. The van der Waals surface area contributed by atoms with Gasteiger partial charge in [-0.05, 0) is 35.2 Å². The third-order valence-electron chi connectivity index (χ3n) is 3.16. The molecule has 0 spiro atoms. The lowest BCUT2D eigenvalue weighted by molar-refractivity contribution is 0.386. The Morgan fingerprint density at radius 2 is 2.15 bits per heavy atom. The van der Waals surface area contributed by atoms with Crippen molar-refractivity contribution in [1.29, 1.82) is 0 Å². The SMILES string of the molecule is COc1ccc(Cn2ccc3sccc3c2=O)cc1F. The number of fused-ring (bicyclic) bond motifs is 1. The highest BCUT2D eigenvalue weighted by molar-refractivity contribution is 7.17. The fourth-order valence-electron chi connectivity index (χ4n) is 2.14. The highest BCUT2D eigenvalue weighted by Gasteiger charge is 2.07. The van der Waals surface area contributed by atoms with Crippen molar-refractivity contribution in [2.75, 3.05) is 7.11 Å². The Labute approximate surface area is 118 Å². The maximum absolute atomic E-state index is 13.6. The molecule has 0 saturated heterocycles. The summed E-state index contributed by atoms with van der Waals surface area (Å²) >= 11 is 1.53. The minimum Gasteiger partial charge on any atom is -0.494 e. The molecule has 0 radical (unpaired) electrons. The maximum Gasteiger partial charge on any atom is 0.259 e. The van der Waals surface area contributed by atoms with E-state index < -0.39 is 5.82 Å². The number of benzene rings is 1. The van der Waals surface area contributed by atoms with Gasteiger partial charge in [-0.3, -0.25) is 4.79 Å². The van der Waals surface area contributed by atoms with Crippen LogP contribution in [0.15, 0.2) is 46.7 Å². The summed E-state index contributed by atoms with van der Waals surface area (Å²) in [7, 11) is 1.42. The quantitative estimate of drug-likeness (QED) is 0.741. The Bertz CT molecular complexity index is 822. The lowest BCUT2D eigenvalue weighted by Gasteiger charge is -2.08. The van der Waals surface area contributed by atoms with Crippen LogP contribution in [0.5, 0.6) is 5.75 Å². The van der Waals surface area contributed by atoms with Crippen LogP contribution in [0.4, 0.5) is 4.39 Å². The van der Waals surface area contributed by atoms with Crippen LogP contribution in [-0.4, -0.2) is 11.7 Å². The van der Waals surface area contributed by atoms with Crippen LogP contribution < -0.4 is 10.3 Å². The van der Waals surface area contributed by atoms with Gasteiger partial charge in [-0.15, -0.1) is 11.3 Å². The fraction of sp³-hybridized carbons (Fsp3) is 0.133. The molecule has 102 valence electrons. The summed E-state index contributed by atoms with van der Waals surface area (Å²) in [4.78, 5) is 12.3. The first-order chi connectivity index (χ1) is 9.69. The Hall–Kier alpha value is -2.14. The average Bonchev–Trinajstić information content (AvgIpc) is 2.91. The van der Waals surface area contributed by atoms with E-state index in [9.17, 15) is 9.18 Å². The molecule has 0 atom stereocenters. The van der Waals surface area contributed by atoms with Crippen molar-refractivity contribution in [3.8, 4) is 5.75 Å². The summed E-state index contributed by atoms with van der Waals surface area (Å²) in [5.74, 6) is -0.218. The number of rotatable bonds is 3. The Morgan fingerprint density at radius 1 is 1.30 bits per heavy atom. The molecule has 20 heavy (non-hydrogen) atoms. The second kappa shape index (κ2) is 5.09. The molecule has 0 fully saturated rings. The Morgan fingerprint density at radius 3 is 2.90 bits per heavy atom. The summed E-state index contributed by atoms with van der Waals surface area (Å²) in [6.07, 6.45) is 1.74. The topological polar surface area (TPSA) is 31.2 Å². The smallest absolute Gasteiger partial charge is 0.259 e. The van der Waals surface area contributed by atoms with E-state index in [2.05, 4.69) is 0 Å². The van der Waals surface area contributed by atoms with Gasteiger partial charge in [0.05, 0.1) is 19.0 Å². The first kappa shape index (κ1) is 12.9. The number of halogens is 1. The number of nitrogens with zero attached hydrogens (tertiary/aromatic N) is 1. The lowest BCUT2D eigenvalue weighted by Crippen LogP contribution is -2.19. The van der Waals surface area contributed by atoms with Gasteiger partial charge in [-0.25, -0.2) is 4.39 Å². The van der Waals surface area contributed by atoms with Crippen LogP contribution in [0, 0.1) is 5.82 Å². The largest absolute Gasteiger partial charge is 0.494 e. The maximum atomic E-state index is 13.6. The van der Waals surface area contributed by atoms with E-state index in [0.717, 1.165) is 10.3 Å². The van der Waals surface area contributed by atoms with E-state index in [1.165, 1.54) is 24.5 Å².